The van der Waals surface area contributed by atoms with Crippen LogP contribution in [0.25, 0.3) is 4.96 Å². The van der Waals surface area contributed by atoms with E-state index in [-0.39, 0.29) is 0 Å². The van der Waals surface area contributed by atoms with Crippen LogP contribution in [0.4, 0.5) is 5.69 Å². The van der Waals surface area contributed by atoms with Gasteiger partial charge in [0.05, 0.1) is 17.9 Å². The second-order valence-electron chi connectivity index (χ2n) is 5.33. The number of fused-ring (bicyclic) bond motifs is 1. The molecule has 0 amide bonds. The Morgan fingerprint density at radius 1 is 1.15 bits per heavy atom. The van der Waals surface area contributed by atoms with E-state index in [0.29, 0.717) is 0 Å². The Kier molecular flexibility index (Phi) is 3.26. The molecule has 0 bridgehead atoms. The van der Waals surface area contributed by atoms with Crippen LogP contribution < -0.4 is 5.32 Å². The van der Waals surface area contributed by atoms with E-state index in [1.54, 1.807) is 11.3 Å². The van der Waals surface area contributed by atoms with Gasteiger partial charge in [-0.3, -0.25) is 4.40 Å². The first-order chi connectivity index (χ1) is 9.56. The van der Waals surface area contributed by atoms with Gasteiger partial charge in [0, 0.05) is 17.3 Å². The number of anilines is 1. The van der Waals surface area contributed by atoms with Gasteiger partial charge in [0.1, 0.15) is 0 Å². The molecule has 0 atom stereocenters. The second-order valence-corrected chi connectivity index (χ2v) is 6.20. The number of hydrogen-bond acceptors (Lipinski definition) is 3. The van der Waals surface area contributed by atoms with E-state index in [2.05, 4.69) is 66.1 Å². The molecule has 3 nitrogen and oxygen atoms in total. The first kappa shape index (κ1) is 13.2. The van der Waals surface area contributed by atoms with Gasteiger partial charge in [-0.25, -0.2) is 4.98 Å². The predicted molar refractivity (Wildman–Crippen MR) is 85.8 cm³/mol. The van der Waals surface area contributed by atoms with Crippen LogP contribution in [0.5, 0.6) is 0 Å². The van der Waals surface area contributed by atoms with Crippen molar-refractivity contribution in [2.24, 2.45) is 0 Å². The van der Waals surface area contributed by atoms with Gasteiger partial charge in [0.25, 0.3) is 0 Å². The van der Waals surface area contributed by atoms with Gasteiger partial charge in [-0.1, -0.05) is 17.7 Å². The van der Waals surface area contributed by atoms with Crippen molar-refractivity contribution in [3.63, 3.8) is 0 Å². The minimum Gasteiger partial charge on any atom is -0.379 e. The lowest BCUT2D eigenvalue weighted by Gasteiger charge is -2.14. The predicted octanol–water partition coefficient (Wildman–Crippen LogP) is 4.24. The summed E-state index contributed by atoms with van der Waals surface area (Å²) in [6.07, 6.45) is 2.09. The normalized spacial score (nSPS) is 11.2. The quantitative estimate of drug-likeness (QED) is 0.780. The molecule has 20 heavy (non-hydrogen) atoms. The zero-order valence-corrected chi connectivity index (χ0v) is 13.1. The minimum absolute atomic E-state index is 0.800. The average molecular weight is 285 g/mol. The van der Waals surface area contributed by atoms with Gasteiger partial charge >= 0.3 is 0 Å². The molecular weight excluding hydrogens is 266 g/mol. The summed E-state index contributed by atoms with van der Waals surface area (Å²) in [4.78, 5) is 5.65. The van der Waals surface area contributed by atoms with Crippen molar-refractivity contribution in [3.8, 4) is 0 Å². The van der Waals surface area contributed by atoms with Gasteiger partial charge in [-0.15, -0.1) is 11.3 Å². The first-order valence-electron chi connectivity index (χ1n) is 6.79. The molecule has 1 N–H and O–H groups in total. The molecule has 0 aliphatic carbocycles. The maximum Gasteiger partial charge on any atom is 0.194 e. The van der Waals surface area contributed by atoms with Gasteiger partial charge in [-0.2, -0.15) is 0 Å². The zero-order valence-electron chi connectivity index (χ0n) is 12.3. The largest absolute Gasteiger partial charge is 0.379 e. The van der Waals surface area contributed by atoms with Crippen LogP contribution in [0.1, 0.15) is 28.1 Å². The van der Waals surface area contributed by atoms with E-state index < -0.39 is 0 Å². The highest BCUT2D eigenvalue weighted by molar-refractivity contribution is 7.15. The fourth-order valence-corrected chi connectivity index (χ4v) is 3.56. The molecule has 0 spiro atoms. The number of benzene rings is 1. The summed E-state index contributed by atoms with van der Waals surface area (Å²) in [5, 5.41) is 5.65. The van der Waals surface area contributed by atoms with Crippen LogP contribution in [0.2, 0.25) is 0 Å². The number of aromatic nitrogens is 2. The fraction of sp³-hybridized carbons (Fsp3) is 0.312. The van der Waals surface area contributed by atoms with Gasteiger partial charge in [0.15, 0.2) is 4.96 Å². The molecule has 0 aliphatic rings. The molecule has 0 saturated carbocycles. The number of nitrogens with one attached hydrogen (secondary N) is 1. The second kappa shape index (κ2) is 4.94. The standard InChI is InChI=1S/C16H19N3S/c1-10-7-11(2)15(12(3)8-10)17-9-14-13(4)18-16-19(14)5-6-20-16/h5-8,17H,9H2,1-4H3. The number of nitrogens with zero attached hydrogens (tertiary/aromatic N) is 2. The molecule has 4 heteroatoms. The Morgan fingerprint density at radius 3 is 2.55 bits per heavy atom. The third-order valence-electron chi connectivity index (χ3n) is 3.67. The SMILES string of the molecule is Cc1cc(C)c(NCc2c(C)nc3sccn23)c(C)c1. The summed E-state index contributed by atoms with van der Waals surface area (Å²) in [7, 11) is 0. The maximum atomic E-state index is 4.59. The van der Waals surface area contributed by atoms with Crippen LogP contribution in [0.3, 0.4) is 0 Å². The maximum absolute atomic E-state index is 4.59. The summed E-state index contributed by atoms with van der Waals surface area (Å²) >= 11 is 1.68. The summed E-state index contributed by atoms with van der Waals surface area (Å²) in [6.45, 7) is 9.33. The van der Waals surface area contributed by atoms with Gasteiger partial charge in [0.2, 0.25) is 0 Å². The molecule has 3 rings (SSSR count). The van der Waals surface area contributed by atoms with Crippen molar-refractivity contribution in [1.29, 1.82) is 0 Å². The van der Waals surface area contributed by atoms with Gasteiger partial charge < -0.3 is 5.32 Å². The fourth-order valence-electron chi connectivity index (χ4n) is 2.78. The van der Waals surface area contributed by atoms with Crippen molar-refractivity contribution in [3.05, 3.63) is 51.8 Å². The molecule has 3 aromatic rings. The number of hydrogen-bond donors (Lipinski definition) is 1. The van der Waals surface area contributed by atoms with Crippen molar-refractivity contribution in [2.75, 3.05) is 5.32 Å². The first-order valence-corrected chi connectivity index (χ1v) is 7.67. The summed E-state index contributed by atoms with van der Waals surface area (Å²) in [6, 6.07) is 4.44. The zero-order chi connectivity index (χ0) is 14.3. The lowest BCUT2D eigenvalue weighted by molar-refractivity contribution is 0.989. The molecule has 2 aromatic heterocycles. The van der Waals surface area contributed by atoms with Crippen molar-refractivity contribution in [2.45, 2.75) is 34.2 Å². The molecule has 0 unspecified atom stereocenters. The van der Waals surface area contributed by atoms with Crippen LogP contribution in [-0.4, -0.2) is 9.38 Å². The third-order valence-corrected chi connectivity index (χ3v) is 4.43. The van der Waals surface area contributed by atoms with Crippen LogP contribution in [-0.2, 0) is 6.54 Å². The summed E-state index contributed by atoms with van der Waals surface area (Å²) < 4.78 is 2.17. The number of rotatable bonds is 3. The number of aryl methyl sites for hydroxylation is 4. The molecule has 0 radical (unpaired) electrons. The summed E-state index contributed by atoms with van der Waals surface area (Å²) in [5.74, 6) is 0. The Morgan fingerprint density at radius 2 is 1.85 bits per heavy atom. The topological polar surface area (TPSA) is 29.3 Å². The number of thiazole rings is 1. The Bertz CT molecular complexity index is 744. The average Bonchev–Trinajstić information content (AvgIpc) is 2.90. The monoisotopic (exact) mass is 285 g/mol. The van der Waals surface area contributed by atoms with Crippen molar-refractivity contribution >= 4 is 22.0 Å². The molecule has 104 valence electrons. The van der Waals surface area contributed by atoms with E-state index in [9.17, 15) is 0 Å². The van der Waals surface area contributed by atoms with Crippen LogP contribution in [0, 0.1) is 27.7 Å². The molecule has 0 fully saturated rings. The smallest absolute Gasteiger partial charge is 0.194 e. The van der Waals surface area contributed by atoms with Crippen LogP contribution >= 0.6 is 11.3 Å². The van der Waals surface area contributed by atoms with Crippen LogP contribution in [0.15, 0.2) is 23.7 Å². The Labute approximate surface area is 123 Å². The van der Waals surface area contributed by atoms with Crippen molar-refractivity contribution < 1.29 is 0 Å². The highest BCUT2D eigenvalue weighted by Gasteiger charge is 2.10. The minimum atomic E-state index is 0.800. The van der Waals surface area contributed by atoms with E-state index in [4.69, 9.17) is 0 Å². The third kappa shape index (κ3) is 2.20. The lowest BCUT2D eigenvalue weighted by Crippen LogP contribution is -2.06. The van der Waals surface area contributed by atoms with Crippen molar-refractivity contribution in [1.82, 2.24) is 9.38 Å². The highest BCUT2D eigenvalue weighted by Crippen LogP contribution is 2.24. The molecule has 0 saturated heterocycles. The lowest BCUT2D eigenvalue weighted by atomic mass is 10.1. The molecule has 1 aromatic carbocycles. The number of imidazole rings is 1. The van der Waals surface area contributed by atoms with E-state index in [0.717, 1.165) is 17.2 Å². The summed E-state index contributed by atoms with van der Waals surface area (Å²) in [5.41, 5.74) is 7.48. The molecular formula is C16H19N3S. The Balaban J connectivity index is 1.90. The van der Waals surface area contributed by atoms with E-state index >= 15 is 0 Å². The van der Waals surface area contributed by atoms with Gasteiger partial charge in [-0.05, 0) is 38.8 Å². The molecule has 2 heterocycles. The molecule has 0 aliphatic heterocycles. The Hall–Kier alpha value is -1.81. The highest BCUT2D eigenvalue weighted by atomic mass is 32.1. The van der Waals surface area contributed by atoms with E-state index in [1.807, 2.05) is 0 Å². The van der Waals surface area contributed by atoms with E-state index in [1.165, 1.54) is 28.1 Å².